The second-order valence-corrected chi connectivity index (χ2v) is 6.76. The molecule has 0 saturated carbocycles. The first-order chi connectivity index (χ1) is 13.7. The SMILES string of the molecule is Fc1ccccc1-c1noc(-c2nnn3c2COC(c2ccc(Cl)cc2)C3)n1. The zero-order chi connectivity index (χ0) is 19.1. The topological polar surface area (TPSA) is 78.9 Å². The molecule has 4 aromatic rings. The fraction of sp³-hybridized carbons (Fsp3) is 0.158. The van der Waals surface area contributed by atoms with Gasteiger partial charge in [0.25, 0.3) is 5.89 Å². The van der Waals surface area contributed by atoms with Gasteiger partial charge >= 0.3 is 0 Å². The standard InChI is InChI=1S/C19H13ClFN5O2/c20-12-7-5-11(6-8-12)16-9-26-15(10-27-16)17(23-25-26)19-22-18(24-28-19)13-3-1-2-4-14(13)21/h1-8,16H,9-10H2. The smallest absolute Gasteiger partial charge is 0.280 e. The quantitative estimate of drug-likeness (QED) is 0.518. The van der Waals surface area contributed by atoms with Crippen molar-refractivity contribution in [1.29, 1.82) is 0 Å². The Morgan fingerprint density at radius 2 is 1.93 bits per heavy atom. The lowest BCUT2D eigenvalue weighted by atomic mass is 10.1. The van der Waals surface area contributed by atoms with Crippen LogP contribution in [0, 0.1) is 5.82 Å². The highest BCUT2D eigenvalue weighted by Crippen LogP contribution is 2.31. The van der Waals surface area contributed by atoms with Crippen molar-refractivity contribution in [3.63, 3.8) is 0 Å². The summed E-state index contributed by atoms with van der Waals surface area (Å²) in [4.78, 5) is 4.27. The molecule has 0 aliphatic carbocycles. The predicted octanol–water partition coefficient (Wildman–Crippen LogP) is 4.06. The maximum absolute atomic E-state index is 13.9. The number of aromatic nitrogens is 5. The third-order valence-electron chi connectivity index (χ3n) is 4.58. The maximum atomic E-state index is 13.9. The van der Waals surface area contributed by atoms with Gasteiger partial charge in [0, 0.05) is 5.02 Å². The minimum Gasteiger partial charge on any atom is -0.365 e. The van der Waals surface area contributed by atoms with Gasteiger partial charge in [0.2, 0.25) is 5.82 Å². The summed E-state index contributed by atoms with van der Waals surface area (Å²) in [6.07, 6.45) is -0.157. The van der Waals surface area contributed by atoms with Crippen molar-refractivity contribution < 1.29 is 13.7 Å². The lowest BCUT2D eigenvalue weighted by Gasteiger charge is -2.24. The summed E-state index contributed by atoms with van der Waals surface area (Å²) < 4.78 is 27.0. The van der Waals surface area contributed by atoms with Crippen LogP contribution >= 0.6 is 11.6 Å². The molecule has 140 valence electrons. The monoisotopic (exact) mass is 397 g/mol. The molecular weight excluding hydrogens is 385 g/mol. The van der Waals surface area contributed by atoms with E-state index in [-0.39, 0.29) is 30.0 Å². The Kier molecular flexibility index (Phi) is 4.14. The summed E-state index contributed by atoms with van der Waals surface area (Å²) in [5.74, 6) is -0.0901. The average Bonchev–Trinajstić information content (AvgIpc) is 3.35. The van der Waals surface area contributed by atoms with Crippen molar-refractivity contribution in [2.45, 2.75) is 19.3 Å². The van der Waals surface area contributed by atoms with Gasteiger partial charge < -0.3 is 9.26 Å². The highest BCUT2D eigenvalue weighted by molar-refractivity contribution is 6.30. The molecule has 0 radical (unpaired) electrons. The zero-order valence-corrected chi connectivity index (χ0v) is 15.2. The second kappa shape index (κ2) is 6.81. The van der Waals surface area contributed by atoms with E-state index in [4.69, 9.17) is 20.9 Å². The van der Waals surface area contributed by atoms with Crippen LogP contribution in [-0.2, 0) is 17.9 Å². The number of nitrogens with zero attached hydrogens (tertiary/aromatic N) is 5. The number of halogens is 2. The van der Waals surface area contributed by atoms with Crippen molar-refractivity contribution in [2.75, 3.05) is 0 Å². The van der Waals surface area contributed by atoms with Gasteiger partial charge in [-0.3, -0.25) is 0 Å². The zero-order valence-electron chi connectivity index (χ0n) is 14.4. The molecule has 7 nitrogen and oxygen atoms in total. The fourth-order valence-corrected chi connectivity index (χ4v) is 3.25. The van der Waals surface area contributed by atoms with Crippen molar-refractivity contribution in [1.82, 2.24) is 25.1 Å². The Bertz CT molecular complexity index is 1140. The molecule has 1 aliphatic heterocycles. The molecule has 2 aromatic heterocycles. The van der Waals surface area contributed by atoms with E-state index < -0.39 is 5.82 Å². The Hall–Kier alpha value is -3.10. The van der Waals surface area contributed by atoms with Crippen LogP contribution < -0.4 is 0 Å². The predicted molar refractivity (Wildman–Crippen MR) is 97.7 cm³/mol. The molecule has 2 aromatic carbocycles. The molecule has 0 saturated heterocycles. The van der Waals surface area contributed by atoms with Gasteiger partial charge in [0.05, 0.1) is 24.4 Å². The minimum atomic E-state index is -0.422. The van der Waals surface area contributed by atoms with Crippen molar-refractivity contribution in [3.8, 4) is 23.0 Å². The first kappa shape index (κ1) is 17.0. The molecule has 0 amide bonds. The van der Waals surface area contributed by atoms with E-state index in [9.17, 15) is 4.39 Å². The van der Waals surface area contributed by atoms with Crippen LogP contribution in [-0.4, -0.2) is 25.1 Å². The van der Waals surface area contributed by atoms with Crippen LogP contribution in [0.2, 0.25) is 5.02 Å². The van der Waals surface area contributed by atoms with Crippen molar-refractivity contribution in [2.24, 2.45) is 0 Å². The molecule has 9 heteroatoms. The van der Waals surface area contributed by atoms with Gasteiger partial charge in [-0.1, -0.05) is 46.2 Å². The van der Waals surface area contributed by atoms with Crippen molar-refractivity contribution >= 4 is 11.6 Å². The second-order valence-electron chi connectivity index (χ2n) is 6.32. The highest BCUT2D eigenvalue weighted by Gasteiger charge is 2.28. The van der Waals surface area contributed by atoms with E-state index in [0.29, 0.717) is 17.3 Å². The summed E-state index contributed by atoms with van der Waals surface area (Å²) in [7, 11) is 0. The fourth-order valence-electron chi connectivity index (χ4n) is 3.13. The number of hydrogen-bond acceptors (Lipinski definition) is 6. The molecule has 28 heavy (non-hydrogen) atoms. The van der Waals surface area contributed by atoms with Crippen molar-refractivity contribution in [3.05, 3.63) is 70.6 Å². The molecule has 0 N–H and O–H groups in total. The maximum Gasteiger partial charge on any atom is 0.280 e. The highest BCUT2D eigenvalue weighted by atomic mass is 35.5. The Morgan fingerprint density at radius 3 is 2.75 bits per heavy atom. The number of benzene rings is 2. The van der Waals surface area contributed by atoms with Crippen LogP contribution in [0.5, 0.6) is 0 Å². The molecular formula is C19H13ClFN5O2. The van der Waals surface area contributed by atoms with Gasteiger partial charge in [0.15, 0.2) is 5.69 Å². The normalized spacial score (nSPS) is 16.1. The lowest BCUT2D eigenvalue weighted by Crippen LogP contribution is -2.22. The molecule has 0 bridgehead atoms. The average molecular weight is 398 g/mol. The lowest BCUT2D eigenvalue weighted by molar-refractivity contribution is -0.00117. The van der Waals surface area contributed by atoms with Crippen LogP contribution in [0.4, 0.5) is 4.39 Å². The third kappa shape index (κ3) is 2.96. The minimum absolute atomic E-state index is 0.157. The number of fused-ring (bicyclic) bond motifs is 1. The number of ether oxygens (including phenoxy) is 1. The van der Waals surface area contributed by atoms with E-state index in [1.165, 1.54) is 6.07 Å². The van der Waals surface area contributed by atoms with Gasteiger partial charge in [-0.2, -0.15) is 4.98 Å². The summed E-state index contributed by atoms with van der Waals surface area (Å²) >= 11 is 5.94. The number of hydrogen-bond donors (Lipinski definition) is 0. The van der Waals surface area contributed by atoms with Crippen LogP contribution in [0.1, 0.15) is 17.4 Å². The molecule has 1 unspecified atom stereocenters. The molecule has 3 heterocycles. The van der Waals surface area contributed by atoms with E-state index in [2.05, 4.69) is 20.5 Å². The first-order valence-electron chi connectivity index (χ1n) is 8.57. The summed E-state index contributed by atoms with van der Waals surface area (Å²) in [5.41, 5.74) is 2.43. The van der Waals surface area contributed by atoms with Gasteiger partial charge in [-0.25, -0.2) is 9.07 Å². The molecule has 1 aliphatic rings. The molecule has 0 fully saturated rings. The summed E-state index contributed by atoms with van der Waals surface area (Å²) in [6.45, 7) is 0.783. The van der Waals surface area contributed by atoms with E-state index >= 15 is 0 Å². The van der Waals surface area contributed by atoms with Gasteiger partial charge in [0.1, 0.15) is 11.9 Å². The molecule has 0 spiro atoms. The Labute approximate surface area is 163 Å². The summed E-state index contributed by atoms with van der Waals surface area (Å²) in [5, 5.41) is 12.9. The Balaban J connectivity index is 1.43. The van der Waals surface area contributed by atoms with Gasteiger partial charge in [-0.05, 0) is 29.8 Å². The van der Waals surface area contributed by atoms with Crippen LogP contribution in [0.15, 0.2) is 53.1 Å². The van der Waals surface area contributed by atoms with Crippen LogP contribution in [0.25, 0.3) is 23.0 Å². The van der Waals surface area contributed by atoms with Crippen LogP contribution in [0.3, 0.4) is 0 Å². The molecule has 5 rings (SSSR count). The number of rotatable bonds is 3. The molecule has 1 atom stereocenters. The van der Waals surface area contributed by atoms with E-state index in [0.717, 1.165) is 11.3 Å². The Morgan fingerprint density at radius 1 is 1.11 bits per heavy atom. The van der Waals surface area contributed by atoms with Gasteiger partial charge in [-0.15, -0.1) is 5.10 Å². The first-order valence-corrected chi connectivity index (χ1v) is 8.95. The summed E-state index contributed by atoms with van der Waals surface area (Å²) in [6, 6.07) is 13.7. The largest absolute Gasteiger partial charge is 0.365 e. The van der Waals surface area contributed by atoms with E-state index in [1.807, 2.05) is 24.3 Å². The van der Waals surface area contributed by atoms with E-state index in [1.54, 1.807) is 22.9 Å². The third-order valence-corrected chi connectivity index (χ3v) is 4.83.